The molecule has 1 saturated heterocycles. The number of rotatable bonds is 5. The van der Waals surface area contributed by atoms with Crippen molar-refractivity contribution in [3.05, 3.63) is 30.4 Å². The van der Waals surface area contributed by atoms with Crippen molar-refractivity contribution in [2.24, 2.45) is 5.92 Å². The van der Waals surface area contributed by atoms with Crippen molar-refractivity contribution in [1.29, 1.82) is 0 Å². The third-order valence-electron chi connectivity index (χ3n) is 4.25. The van der Waals surface area contributed by atoms with E-state index in [1.165, 1.54) is 0 Å². The summed E-state index contributed by atoms with van der Waals surface area (Å²) in [4.78, 5) is 14.1. The van der Waals surface area contributed by atoms with E-state index in [-0.39, 0.29) is 5.91 Å². The number of carbonyl (C=O) groups excluding carboxylic acids is 1. The summed E-state index contributed by atoms with van der Waals surface area (Å²) in [6.07, 6.45) is 6.59. The Morgan fingerprint density at radius 1 is 1.39 bits per heavy atom. The Morgan fingerprint density at radius 3 is 2.78 bits per heavy atom. The fourth-order valence-corrected chi connectivity index (χ4v) is 2.86. The van der Waals surface area contributed by atoms with Crippen LogP contribution in [0.1, 0.15) is 31.6 Å². The zero-order valence-electron chi connectivity index (χ0n) is 13.2. The Labute approximate surface area is 134 Å². The van der Waals surface area contributed by atoms with Gasteiger partial charge in [-0.2, -0.15) is 5.10 Å². The number of aromatic nitrogens is 5. The van der Waals surface area contributed by atoms with E-state index in [0.29, 0.717) is 18.2 Å². The summed E-state index contributed by atoms with van der Waals surface area (Å²) in [6, 6.07) is 1.82. The molecular weight excluding hydrogens is 296 g/mol. The molecule has 0 radical (unpaired) electrons. The van der Waals surface area contributed by atoms with E-state index in [4.69, 9.17) is 0 Å². The van der Waals surface area contributed by atoms with E-state index in [2.05, 4.69) is 15.4 Å². The maximum atomic E-state index is 12.2. The number of nitrogens with zero attached hydrogens (tertiary/aromatic N) is 6. The summed E-state index contributed by atoms with van der Waals surface area (Å²) in [6.45, 7) is 4.29. The van der Waals surface area contributed by atoms with Gasteiger partial charge in [-0.25, -0.2) is 0 Å². The van der Waals surface area contributed by atoms with Gasteiger partial charge in [-0.3, -0.25) is 14.2 Å². The molecule has 1 amide bonds. The van der Waals surface area contributed by atoms with Crippen molar-refractivity contribution < 1.29 is 9.90 Å². The molecule has 23 heavy (non-hydrogen) atoms. The SMILES string of the molecule is CC(O)c1cn(CC2CCN(C(=O)Cn3cccn3)CC2)nn1. The van der Waals surface area contributed by atoms with E-state index in [9.17, 15) is 9.90 Å². The lowest BCUT2D eigenvalue weighted by Crippen LogP contribution is -2.41. The number of aliphatic hydroxyl groups is 1. The number of likely N-dealkylation sites (tertiary alicyclic amines) is 1. The average Bonchev–Trinajstić information content (AvgIpc) is 3.19. The molecule has 2 aromatic heterocycles. The van der Waals surface area contributed by atoms with Gasteiger partial charge >= 0.3 is 0 Å². The standard InChI is InChI=1S/C15H22N6O2/c1-12(22)14-10-21(18-17-14)9-13-3-7-19(8-4-13)15(23)11-20-6-2-5-16-20/h2,5-6,10,12-13,22H,3-4,7-9,11H2,1H3. The largest absolute Gasteiger partial charge is 0.387 e. The van der Waals surface area contributed by atoms with Crippen LogP contribution in [0.15, 0.2) is 24.7 Å². The minimum atomic E-state index is -0.592. The van der Waals surface area contributed by atoms with Gasteiger partial charge in [0.2, 0.25) is 5.91 Å². The molecular formula is C15H22N6O2. The Balaban J connectivity index is 1.47. The fraction of sp³-hybridized carbons (Fsp3) is 0.600. The highest BCUT2D eigenvalue weighted by Crippen LogP contribution is 2.19. The van der Waals surface area contributed by atoms with Gasteiger partial charge in [0, 0.05) is 32.0 Å². The summed E-state index contributed by atoms with van der Waals surface area (Å²) in [7, 11) is 0. The first-order valence-corrected chi connectivity index (χ1v) is 7.95. The molecule has 0 aliphatic carbocycles. The van der Waals surface area contributed by atoms with Crippen LogP contribution in [0.25, 0.3) is 0 Å². The molecule has 2 aromatic rings. The first-order valence-electron chi connectivity index (χ1n) is 7.95. The zero-order chi connectivity index (χ0) is 16.2. The van der Waals surface area contributed by atoms with Gasteiger partial charge in [-0.05, 0) is 31.7 Å². The molecule has 0 spiro atoms. The Bertz CT molecular complexity index is 628. The molecule has 8 nitrogen and oxygen atoms in total. The second-order valence-corrected chi connectivity index (χ2v) is 6.07. The molecule has 1 aliphatic heterocycles. The summed E-state index contributed by atoms with van der Waals surface area (Å²) < 4.78 is 3.44. The van der Waals surface area contributed by atoms with Crippen LogP contribution >= 0.6 is 0 Å². The van der Waals surface area contributed by atoms with Crippen LogP contribution in [0.2, 0.25) is 0 Å². The van der Waals surface area contributed by atoms with Gasteiger partial charge in [-0.15, -0.1) is 5.10 Å². The predicted octanol–water partition coefficient (Wildman–Crippen LogP) is 0.467. The van der Waals surface area contributed by atoms with E-state index < -0.39 is 6.10 Å². The topological polar surface area (TPSA) is 89.1 Å². The van der Waals surface area contributed by atoms with Crippen LogP contribution in [0, 0.1) is 5.92 Å². The third-order valence-corrected chi connectivity index (χ3v) is 4.25. The summed E-state index contributed by atoms with van der Waals surface area (Å²) >= 11 is 0. The summed E-state index contributed by atoms with van der Waals surface area (Å²) in [5.74, 6) is 0.594. The smallest absolute Gasteiger partial charge is 0.244 e. The van der Waals surface area contributed by atoms with Crippen LogP contribution in [-0.4, -0.2) is 53.8 Å². The van der Waals surface area contributed by atoms with E-state index in [1.807, 2.05) is 11.0 Å². The van der Waals surface area contributed by atoms with Gasteiger partial charge in [0.25, 0.3) is 0 Å². The first kappa shape index (κ1) is 15.7. The highest BCUT2D eigenvalue weighted by Gasteiger charge is 2.23. The van der Waals surface area contributed by atoms with Crippen LogP contribution in [0.3, 0.4) is 0 Å². The average molecular weight is 318 g/mol. The predicted molar refractivity (Wildman–Crippen MR) is 82.2 cm³/mol. The van der Waals surface area contributed by atoms with Crippen molar-refractivity contribution >= 4 is 5.91 Å². The maximum absolute atomic E-state index is 12.2. The second-order valence-electron chi connectivity index (χ2n) is 6.07. The van der Waals surface area contributed by atoms with Gasteiger partial charge in [0.05, 0.1) is 12.3 Å². The quantitative estimate of drug-likeness (QED) is 0.865. The van der Waals surface area contributed by atoms with Crippen molar-refractivity contribution in [3.63, 3.8) is 0 Å². The fourth-order valence-electron chi connectivity index (χ4n) is 2.86. The molecule has 0 aromatic carbocycles. The van der Waals surface area contributed by atoms with Gasteiger partial charge in [0.1, 0.15) is 12.2 Å². The number of amides is 1. The third kappa shape index (κ3) is 3.95. The molecule has 1 aliphatic rings. The number of hydrogen-bond donors (Lipinski definition) is 1. The molecule has 8 heteroatoms. The normalized spacial score (nSPS) is 17.4. The van der Waals surface area contributed by atoms with E-state index in [1.54, 1.807) is 34.9 Å². The first-order chi connectivity index (χ1) is 11.1. The van der Waals surface area contributed by atoms with Gasteiger partial charge < -0.3 is 10.0 Å². The second kappa shape index (κ2) is 6.91. The Hall–Kier alpha value is -2.22. The molecule has 1 fully saturated rings. The summed E-state index contributed by atoms with van der Waals surface area (Å²) in [5, 5.41) is 21.6. The molecule has 124 valence electrons. The number of piperidine rings is 1. The number of carbonyl (C=O) groups is 1. The molecule has 0 bridgehead atoms. The van der Waals surface area contributed by atoms with Crippen molar-refractivity contribution in [3.8, 4) is 0 Å². The van der Waals surface area contributed by atoms with Gasteiger partial charge in [-0.1, -0.05) is 5.21 Å². The molecule has 0 saturated carbocycles. The van der Waals surface area contributed by atoms with Crippen molar-refractivity contribution in [2.75, 3.05) is 13.1 Å². The maximum Gasteiger partial charge on any atom is 0.244 e. The monoisotopic (exact) mass is 318 g/mol. The van der Waals surface area contributed by atoms with Crippen LogP contribution < -0.4 is 0 Å². The van der Waals surface area contributed by atoms with Crippen molar-refractivity contribution in [1.82, 2.24) is 29.7 Å². The lowest BCUT2D eigenvalue weighted by atomic mass is 9.97. The Morgan fingerprint density at radius 2 is 2.17 bits per heavy atom. The van der Waals surface area contributed by atoms with Gasteiger partial charge in [0.15, 0.2) is 0 Å². The number of aliphatic hydroxyl groups excluding tert-OH is 1. The number of hydrogen-bond acceptors (Lipinski definition) is 5. The van der Waals surface area contributed by atoms with Crippen LogP contribution in [0.5, 0.6) is 0 Å². The lowest BCUT2D eigenvalue weighted by Gasteiger charge is -2.31. The molecule has 1 unspecified atom stereocenters. The molecule has 3 heterocycles. The minimum absolute atomic E-state index is 0.115. The Kier molecular flexibility index (Phi) is 4.71. The zero-order valence-corrected chi connectivity index (χ0v) is 13.2. The summed E-state index contributed by atoms with van der Waals surface area (Å²) in [5.41, 5.74) is 0.594. The molecule has 3 rings (SSSR count). The van der Waals surface area contributed by atoms with Crippen molar-refractivity contribution in [2.45, 2.75) is 39.0 Å². The minimum Gasteiger partial charge on any atom is -0.387 e. The molecule has 1 N–H and O–H groups in total. The highest BCUT2D eigenvalue weighted by atomic mass is 16.3. The van der Waals surface area contributed by atoms with E-state index in [0.717, 1.165) is 32.5 Å². The van der Waals surface area contributed by atoms with Crippen LogP contribution in [-0.2, 0) is 17.9 Å². The highest BCUT2D eigenvalue weighted by molar-refractivity contribution is 5.75. The van der Waals surface area contributed by atoms with E-state index >= 15 is 0 Å². The molecule has 1 atom stereocenters. The lowest BCUT2D eigenvalue weighted by molar-refractivity contribution is -0.133. The van der Waals surface area contributed by atoms with Crippen LogP contribution in [0.4, 0.5) is 0 Å².